The van der Waals surface area contributed by atoms with Crippen LogP contribution < -0.4 is 0 Å². The van der Waals surface area contributed by atoms with Gasteiger partial charge in [-0.25, -0.2) is 9.59 Å². The van der Waals surface area contributed by atoms with Gasteiger partial charge in [-0.15, -0.1) is 0 Å². The minimum absolute atomic E-state index is 0.0319. The van der Waals surface area contributed by atoms with Crippen molar-refractivity contribution in [1.29, 1.82) is 0 Å². The first-order chi connectivity index (χ1) is 11.1. The third-order valence-corrected chi connectivity index (χ3v) is 3.74. The third kappa shape index (κ3) is 7.63. The summed E-state index contributed by atoms with van der Waals surface area (Å²) in [7, 11) is -1.85. The first-order valence-corrected chi connectivity index (χ1v) is 8.68. The minimum Gasteiger partial charge on any atom is -0.462 e. The summed E-state index contributed by atoms with van der Waals surface area (Å²) in [5.74, 6) is -0.759. The molecule has 124 valence electrons. The summed E-state index contributed by atoms with van der Waals surface area (Å²) in [5, 5.41) is 8.75. The van der Waals surface area contributed by atoms with E-state index in [4.69, 9.17) is 14.6 Å². The van der Waals surface area contributed by atoms with Gasteiger partial charge in [-0.3, -0.25) is 0 Å². The number of aliphatic hydroxyl groups excluding tert-OH is 1. The molecule has 0 radical (unpaired) electrons. The number of amides is 1. The molecule has 1 unspecified atom stereocenters. The summed E-state index contributed by atoms with van der Waals surface area (Å²) < 4.78 is 21.0. The van der Waals surface area contributed by atoms with Crippen molar-refractivity contribution >= 4 is 25.6 Å². The summed E-state index contributed by atoms with van der Waals surface area (Å²) in [6.45, 7) is 1.78. The highest BCUT2D eigenvalue weighted by atomic mass is 31.1. The maximum Gasteiger partial charge on any atom is 0.434 e. The van der Waals surface area contributed by atoms with E-state index in [0.717, 1.165) is 5.56 Å². The van der Waals surface area contributed by atoms with E-state index < -0.39 is 26.2 Å². The molecule has 1 rings (SSSR count). The summed E-state index contributed by atoms with van der Waals surface area (Å²) in [6.07, 6.45) is -1.40. The van der Waals surface area contributed by atoms with Gasteiger partial charge >= 0.3 is 19.9 Å². The zero-order chi connectivity index (χ0) is 17.1. The number of ether oxygens (including phenoxy) is 2. The topological polar surface area (TPSA) is 102 Å². The zero-order valence-corrected chi connectivity index (χ0v) is 13.7. The molecule has 23 heavy (non-hydrogen) atoms. The number of rotatable bonds is 8. The Morgan fingerprint density at radius 3 is 2.52 bits per heavy atom. The van der Waals surface area contributed by atoms with Crippen LogP contribution in [0.2, 0.25) is 0 Å². The number of carbonyl (C=O) groups excluding carboxylic acids is 2. The van der Waals surface area contributed by atoms with Crippen molar-refractivity contribution in [2.24, 2.45) is 4.99 Å². The van der Waals surface area contributed by atoms with Crippen LogP contribution in [0.5, 0.6) is 0 Å². The van der Waals surface area contributed by atoms with Gasteiger partial charge in [0.15, 0.2) is 6.16 Å². The van der Waals surface area contributed by atoms with Gasteiger partial charge in [-0.2, -0.15) is 4.99 Å². The monoisotopic (exact) mass is 340 g/mol. The van der Waals surface area contributed by atoms with E-state index in [2.05, 4.69) is 4.99 Å². The SMILES string of the molecule is CCOC(=O)C(CC[P+](=O)CO)=NC(=O)OCc1ccccc1. The van der Waals surface area contributed by atoms with Gasteiger partial charge in [0, 0.05) is 6.42 Å². The van der Waals surface area contributed by atoms with Crippen molar-refractivity contribution < 1.29 is 28.7 Å². The molecule has 0 saturated carbocycles. The Bertz CT molecular complexity index is 573. The smallest absolute Gasteiger partial charge is 0.434 e. The molecule has 0 fully saturated rings. The van der Waals surface area contributed by atoms with Crippen molar-refractivity contribution in [3.63, 3.8) is 0 Å². The molecule has 8 heteroatoms. The van der Waals surface area contributed by atoms with Crippen LogP contribution in [0.15, 0.2) is 35.3 Å². The molecular weight excluding hydrogens is 321 g/mol. The largest absolute Gasteiger partial charge is 0.462 e. The maximum absolute atomic E-state index is 11.7. The fraction of sp³-hybridized carbons (Fsp3) is 0.400. The van der Waals surface area contributed by atoms with Crippen LogP contribution in [0, 0.1) is 0 Å². The summed E-state index contributed by atoms with van der Waals surface area (Å²) in [5.41, 5.74) is 0.624. The number of esters is 1. The van der Waals surface area contributed by atoms with E-state index in [9.17, 15) is 14.2 Å². The molecule has 0 aromatic heterocycles. The molecule has 7 nitrogen and oxygen atoms in total. The van der Waals surface area contributed by atoms with E-state index in [-0.39, 0.29) is 31.5 Å². The molecule has 1 aromatic carbocycles. The molecule has 0 aliphatic heterocycles. The van der Waals surface area contributed by atoms with Crippen LogP contribution in [0.25, 0.3) is 0 Å². The Balaban J connectivity index is 2.66. The van der Waals surface area contributed by atoms with Crippen molar-refractivity contribution in [2.45, 2.75) is 20.0 Å². The number of hydrogen-bond acceptors (Lipinski definition) is 6. The van der Waals surface area contributed by atoms with Gasteiger partial charge in [0.1, 0.15) is 12.3 Å². The lowest BCUT2D eigenvalue weighted by molar-refractivity contribution is -0.135. The predicted octanol–water partition coefficient (Wildman–Crippen LogP) is 2.49. The highest BCUT2D eigenvalue weighted by molar-refractivity contribution is 7.44. The second kappa shape index (κ2) is 10.6. The quantitative estimate of drug-likeness (QED) is 0.443. The van der Waals surface area contributed by atoms with Gasteiger partial charge in [-0.1, -0.05) is 34.9 Å². The van der Waals surface area contributed by atoms with Crippen molar-refractivity contribution in [2.75, 3.05) is 19.1 Å². The first-order valence-electron chi connectivity index (χ1n) is 7.05. The molecular formula is C15H19NO6P+. The second-order valence-corrected chi connectivity index (χ2v) is 6.11. The highest BCUT2D eigenvalue weighted by Gasteiger charge is 2.21. The van der Waals surface area contributed by atoms with Crippen LogP contribution in [0.4, 0.5) is 4.79 Å². The fourth-order valence-corrected chi connectivity index (χ4v) is 2.18. The Labute approximate surface area is 135 Å². The standard InChI is InChI=1S/C15H19NO6P/c1-2-21-14(18)13(8-9-23(20)11-17)16-15(19)22-10-12-6-4-3-5-7-12/h3-7,17H,2,8-11H2,1H3/q+1. The molecule has 1 N–H and O–H groups in total. The molecule has 0 aliphatic rings. The fourth-order valence-electron chi connectivity index (χ4n) is 1.58. The third-order valence-electron chi connectivity index (χ3n) is 2.70. The first kappa shape index (κ1) is 18.9. The van der Waals surface area contributed by atoms with Crippen molar-refractivity contribution in [1.82, 2.24) is 0 Å². The van der Waals surface area contributed by atoms with Crippen LogP contribution in [-0.2, 0) is 25.4 Å². The van der Waals surface area contributed by atoms with Crippen LogP contribution in [0.3, 0.4) is 0 Å². The van der Waals surface area contributed by atoms with Gasteiger partial charge in [0.25, 0.3) is 0 Å². The zero-order valence-electron chi connectivity index (χ0n) is 12.8. The Kier molecular flexibility index (Phi) is 8.72. The number of benzene rings is 1. The normalized spacial score (nSPS) is 11.7. The van der Waals surface area contributed by atoms with Crippen molar-refractivity contribution in [3.05, 3.63) is 35.9 Å². The molecule has 1 aromatic rings. The molecule has 0 spiro atoms. The minimum atomic E-state index is -1.85. The van der Waals surface area contributed by atoms with Gasteiger partial charge in [0.05, 0.1) is 6.61 Å². The molecule has 0 saturated heterocycles. The lowest BCUT2D eigenvalue weighted by Gasteiger charge is -2.04. The summed E-state index contributed by atoms with van der Waals surface area (Å²) in [4.78, 5) is 27.0. The van der Waals surface area contributed by atoms with E-state index in [1.165, 1.54) is 0 Å². The maximum atomic E-state index is 11.7. The molecule has 0 heterocycles. The second-order valence-electron chi connectivity index (χ2n) is 4.42. The average Bonchev–Trinajstić information content (AvgIpc) is 2.57. The van der Waals surface area contributed by atoms with Gasteiger partial charge in [0.2, 0.25) is 6.35 Å². The number of aliphatic imine (C=N–C) groups is 1. The number of carbonyl (C=O) groups is 2. The van der Waals surface area contributed by atoms with Crippen LogP contribution in [-0.4, -0.2) is 42.0 Å². The Morgan fingerprint density at radius 2 is 1.91 bits per heavy atom. The highest BCUT2D eigenvalue weighted by Crippen LogP contribution is 2.19. The van der Waals surface area contributed by atoms with E-state index in [0.29, 0.717) is 0 Å². The Morgan fingerprint density at radius 1 is 1.22 bits per heavy atom. The van der Waals surface area contributed by atoms with Crippen molar-refractivity contribution in [3.8, 4) is 0 Å². The molecule has 0 bridgehead atoms. The molecule has 1 amide bonds. The van der Waals surface area contributed by atoms with Gasteiger partial charge < -0.3 is 14.6 Å². The average molecular weight is 340 g/mol. The number of nitrogens with zero attached hydrogens (tertiary/aromatic N) is 1. The number of hydrogen-bond donors (Lipinski definition) is 1. The van der Waals surface area contributed by atoms with Crippen LogP contribution >= 0.6 is 7.80 Å². The lowest BCUT2D eigenvalue weighted by Crippen LogP contribution is -2.20. The van der Waals surface area contributed by atoms with Gasteiger partial charge in [-0.05, 0) is 12.5 Å². The molecule has 0 aliphatic carbocycles. The number of aliphatic hydroxyl groups is 1. The summed E-state index contributed by atoms with van der Waals surface area (Å²) >= 11 is 0. The summed E-state index contributed by atoms with van der Waals surface area (Å²) in [6, 6.07) is 9.03. The van der Waals surface area contributed by atoms with E-state index in [1.54, 1.807) is 19.1 Å². The Hall–Kier alpha value is -2.11. The lowest BCUT2D eigenvalue weighted by atomic mass is 10.2. The predicted molar refractivity (Wildman–Crippen MR) is 84.9 cm³/mol. The van der Waals surface area contributed by atoms with E-state index in [1.807, 2.05) is 18.2 Å². The van der Waals surface area contributed by atoms with Crippen LogP contribution in [0.1, 0.15) is 18.9 Å². The molecule has 1 atom stereocenters. The van der Waals surface area contributed by atoms with E-state index >= 15 is 0 Å².